The van der Waals surface area contributed by atoms with Gasteiger partial charge >= 0.3 is 0 Å². The van der Waals surface area contributed by atoms with Crippen molar-refractivity contribution in [1.82, 2.24) is 5.32 Å². The molecule has 1 aromatic rings. The standard InChI is InChI=1S/C15H22N2O2/c16-14(13-6-7-13)10-17-15(18)11-19-9-8-12-4-2-1-3-5-12/h1-5,13-14H,6-11,16H2,(H,17,18). The molecule has 1 saturated carbocycles. The molecule has 0 saturated heterocycles. The summed E-state index contributed by atoms with van der Waals surface area (Å²) in [6.07, 6.45) is 3.23. The molecule has 1 aliphatic rings. The van der Waals surface area contributed by atoms with Gasteiger partial charge in [-0.1, -0.05) is 30.3 Å². The predicted octanol–water partition coefficient (Wildman–Crippen LogP) is 1.10. The van der Waals surface area contributed by atoms with Crippen molar-refractivity contribution in [1.29, 1.82) is 0 Å². The fraction of sp³-hybridized carbons (Fsp3) is 0.533. The zero-order valence-electron chi connectivity index (χ0n) is 11.2. The molecular formula is C15H22N2O2. The summed E-state index contributed by atoms with van der Waals surface area (Å²) < 4.78 is 5.35. The minimum absolute atomic E-state index is 0.0795. The molecule has 1 unspecified atom stereocenters. The molecule has 1 fully saturated rings. The van der Waals surface area contributed by atoms with Gasteiger partial charge in [0.2, 0.25) is 5.91 Å². The second-order valence-electron chi connectivity index (χ2n) is 5.09. The lowest BCUT2D eigenvalue weighted by Gasteiger charge is -2.11. The topological polar surface area (TPSA) is 64.3 Å². The largest absolute Gasteiger partial charge is 0.371 e. The van der Waals surface area contributed by atoms with Gasteiger partial charge in [-0.3, -0.25) is 4.79 Å². The van der Waals surface area contributed by atoms with E-state index in [0.717, 1.165) is 6.42 Å². The van der Waals surface area contributed by atoms with Crippen LogP contribution in [0.1, 0.15) is 18.4 Å². The summed E-state index contributed by atoms with van der Waals surface area (Å²) in [7, 11) is 0. The SMILES string of the molecule is NC(CNC(=O)COCCc1ccccc1)C1CC1. The Kier molecular flexibility index (Phi) is 5.36. The molecule has 0 aliphatic heterocycles. The number of hydrogen-bond donors (Lipinski definition) is 2. The molecule has 2 rings (SSSR count). The minimum Gasteiger partial charge on any atom is -0.371 e. The summed E-state index contributed by atoms with van der Waals surface area (Å²) in [6.45, 7) is 1.24. The number of carbonyl (C=O) groups excluding carboxylic acids is 1. The molecule has 104 valence electrons. The van der Waals surface area contributed by atoms with E-state index in [1.54, 1.807) is 0 Å². The smallest absolute Gasteiger partial charge is 0.246 e. The van der Waals surface area contributed by atoms with E-state index < -0.39 is 0 Å². The third kappa shape index (κ3) is 5.41. The molecule has 4 nitrogen and oxygen atoms in total. The average molecular weight is 262 g/mol. The third-order valence-corrected chi connectivity index (χ3v) is 3.37. The fourth-order valence-corrected chi connectivity index (χ4v) is 1.97. The van der Waals surface area contributed by atoms with Crippen molar-refractivity contribution in [3.05, 3.63) is 35.9 Å². The van der Waals surface area contributed by atoms with E-state index in [1.165, 1.54) is 18.4 Å². The van der Waals surface area contributed by atoms with Gasteiger partial charge in [0.05, 0.1) is 6.61 Å². The van der Waals surface area contributed by atoms with E-state index in [-0.39, 0.29) is 18.6 Å². The maximum Gasteiger partial charge on any atom is 0.246 e. The first-order valence-electron chi connectivity index (χ1n) is 6.89. The molecule has 0 bridgehead atoms. The van der Waals surface area contributed by atoms with Crippen LogP contribution in [0.2, 0.25) is 0 Å². The lowest BCUT2D eigenvalue weighted by molar-refractivity contribution is -0.125. The maximum absolute atomic E-state index is 11.5. The Labute approximate surface area is 114 Å². The van der Waals surface area contributed by atoms with Crippen molar-refractivity contribution in [2.45, 2.75) is 25.3 Å². The van der Waals surface area contributed by atoms with Crippen molar-refractivity contribution in [3.8, 4) is 0 Å². The summed E-state index contributed by atoms with van der Waals surface area (Å²) >= 11 is 0. The quantitative estimate of drug-likeness (QED) is 0.690. The first-order chi connectivity index (χ1) is 9.25. The summed E-state index contributed by atoms with van der Waals surface area (Å²) in [5.41, 5.74) is 7.12. The van der Waals surface area contributed by atoms with Gasteiger partial charge in [-0.15, -0.1) is 0 Å². The Hall–Kier alpha value is -1.39. The normalized spacial score (nSPS) is 16.1. The second kappa shape index (κ2) is 7.26. The van der Waals surface area contributed by atoms with Crippen molar-refractivity contribution in [3.63, 3.8) is 0 Å². The Morgan fingerprint density at radius 2 is 2.11 bits per heavy atom. The van der Waals surface area contributed by atoms with Crippen LogP contribution in [0.15, 0.2) is 30.3 Å². The molecule has 1 amide bonds. The van der Waals surface area contributed by atoms with Gasteiger partial charge in [-0.05, 0) is 30.7 Å². The molecule has 0 heterocycles. The van der Waals surface area contributed by atoms with Crippen LogP contribution in [-0.4, -0.2) is 31.7 Å². The Balaban J connectivity index is 1.51. The lowest BCUT2D eigenvalue weighted by atomic mass is 10.2. The fourth-order valence-electron chi connectivity index (χ4n) is 1.97. The van der Waals surface area contributed by atoms with E-state index in [1.807, 2.05) is 18.2 Å². The number of ether oxygens (including phenoxy) is 1. The predicted molar refractivity (Wildman–Crippen MR) is 74.7 cm³/mol. The van der Waals surface area contributed by atoms with Gasteiger partial charge in [-0.25, -0.2) is 0 Å². The van der Waals surface area contributed by atoms with Gasteiger partial charge in [-0.2, -0.15) is 0 Å². The number of nitrogens with two attached hydrogens (primary N) is 1. The molecule has 0 spiro atoms. The zero-order chi connectivity index (χ0) is 13.5. The molecule has 0 aromatic heterocycles. The van der Waals surface area contributed by atoms with Crippen LogP contribution < -0.4 is 11.1 Å². The summed E-state index contributed by atoms with van der Waals surface area (Å²) in [4.78, 5) is 11.5. The zero-order valence-corrected chi connectivity index (χ0v) is 11.2. The monoisotopic (exact) mass is 262 g/mol. The van der Waals surface area contributed by atoms with E-state index in [9.17, 15) is 4.79 Å². The van der Waals surface area contributed by atoms with E-state index in [2.05, 4.69) is 17.4 Å². The Morgan fingerprint density at radius 3 is 2.79 bits per heavy atom. The number of nitrogens with one attached hydrogen (secondary N) is 1. The molecule has 0 radical (unpaired) electrons. The van der Waals surface area contributed by atoms with Gasteiger partial charge in [0.15, 0.2) is 0 Å². The summed E-state index contributed by atoms with van der Waals surface area (Å²) in [5.74, 6) is 0.531. The molecule has 1 aliphatic carbocycles. The van der Waals surface area contributed by atoms with Gasteiger partial charge in [0.25, 0.3) is 0 Å². The number of hydrogen-bond acceptors (Lipinski definition) is 3. The van der Waals surface area contributed by atoms with Crippen LogP contribution in [0.4, 0.5) is 0 Å². The Bertz CT molecular complexity index is 390. The van der Waals surface area contributed by atoms with Gasteiger partial charge in [0.1, 0.15) is 6.61 Å². The number of amides is 1. The minimum atomic E-state index is -0.0795. The highest BCUT2D eigenvalue weighted by atomic mass is 16.5. The summed E-state index contributed by atoms with van der Waals surface area (Å²) in [5, 5.41) is 2.81. The maximum atomic E-state index is 11.5. The lowest BCUT2D eigenvalue weighted by Crippen LogP contribution is -2.40. The average Bonchev–Trinajstić information content (AvgIpc) is 3.27. The molecule has 1 aromatic carbocycles. The second-order valence-corrected chi connectivity index (χ2v) is 5.09. The highest BCUT2D eigenvalue weighted by Gasteiger charge is 2.28. The van der Waals surface area contributed by atoms with E-state index in [4.69, 9.17) is 10.5 Å². The van der Waals surface area contributed by atoms with Crippen LogP contribution in [0.25, 0.3) is 0 Å². The number of rotatable bonds is 8. The van der Waals surface area contributed by atoms with Crippen LogP contribution in [0.3, 0.4) is 0 Å². The van der Waals surface area contributed by atoms with Crippen LogP contribution in [0, 0.1) is 5.92 Å². The van der Waals surface area contributed by atoms with Gasteiger partial charge < -0.3 is 15.8 Å². The number of carbonyl (C=O) groups is 1. The van der Waals surface area contributed by atoms with Crippen molar-refractivity contribution >= 4 is 5.91 Å². The van der Waals surface area contributed by atoms with Crippen molar-refractivity contribution in [2.24, 2.45) is 11.7 Å². The molecule has 19 heavy (non-hydrogen) atoms. The van der Waals surface area contributed by atoms with E-state index in [0.29, 0.717) is 19.1 Å². The van der Waals surface area contributed by atoms with Crippen LogP contribution in [0.5, 0.6) is 0 Å². The third-order valence-electron chi connectivity index (χ3n) is 3.37. The molecule has 4 heteroatoms. The highest BCUT2D eigenvalue weighted by Crippen LogP contribution is 2.31. The summed E-state index contributed by atoms with van der Waals surface area (Å²) in [6, 6.07) is 10.2. The van der Waals surface area contributed by atoms with E-state index >= 15 is 0 Å². The van der Waals surface area contributed by atoms with Crippen molar-refractivity contribution in [2.75, 3.05) is 19.8 Å². The van der Waals surface area contributed by atoms with Gasteiger partial charge in [0, 0.05) is 12.6 Å². The molecular weight excluding hydrogens is 240 g/mol. The number of benzene rings is 1. The van der Waals surface area contributed by atoms with Crippen LogP contribution >= 0.6 is 0 Å². The Morgan fingerprint density at radius 1 is 1.37 bits per heavy atom. The first-order valence-corrected chi connectivity index (χ1v) is 6.89. The molecule has 1 atom stereocenters. The molecule has 3 N–H and O–H groups in total. The van der Waals surface area contributed by atoms with Crippen LogP contribution in [-0.2, 0) is 16.0 Å². The van der Waals surface area contributed by atoms with Crippen molar-refractivity contribution < 1.29 is 9.53 Å². The first kappa shape index (κ1) is 14.0. The highest BCUT2D eigenvalue weighted by molar-refractivity contribution is 5.77.